The van der Waals surface area contributed by atoms with Crippen LogP contribution in [0.4, 0.5) is 4.39 Å². The number of alkyl halides is 1. The molecule has 21 heavy (non-hydrogen) atoms. The summed E-state index contributed by atoms with van der Waals surface area (Å²) in [4.78, 5) is 14.5. The van der Waals surface area contributed by atoms with Gasteiger partial charge in [0.05, 0.1) is 11.4 Å². The molecule has 0 aromatic heterocycles. The molecule has 0 bridgehead atoms. The summed E-state index contributed by atoms with van der Waals surface area (Å²) >= 11 is 1.73. The first-order valence-electron chi connectivity index (χ1n) is 8.19. The molecular weight excluding hydrogens is 289 g/mol. The maximum absolute atomic E-state index is 14.1. The Labute approximate surface area is 130 Å². The molecule has 5 atom stereocenters. The quantitative estimate of drug-likeness (QED) is 0.825. The molecule has 1 saturated carbocycles. The molecule has 120 valence electrons. The van der Waals surface area contributed by atoms with E-state index in [0.717, 1.165) is 44.5 Å². The SMILES string of the molecule is NCC1CCN(C(=O)C2CSC(C3CCCCC3F)N2)C1. The Kier molecular flexibility index (Phi) is 5.07. The lowest BCUT2D eigenvalue weighted by molar-refractivity contribution is -0.131. The monoisotopic (exact) mass is 315 g/mol. The van der Waals surface area contributed by atoms with Crippen LogP contribution in [0, 0.1) is 11.8 Å². The minimum atomic E-state index is -0.703. The summed E-state index contributed by atoms with van der Waals surface area (Å²) in [5.41, 5.74) is 5.69. The highest BCUT2D eigenvalue weighted by atomic mass is 32.2. The number of likely N-dealkylation sites (tertiary alicyclic amines) is 1. The molecule has 2 heterocycles. The first-order chi connectivity index (χ1) is 10.2. The Morgan fingerprint density at radius 3 is 2.86 bits per heavy atom. The average Bonchev–Trinajstić information content (AvgIpc) is 3.16. The zero-order chi connectivity index (χ0) is 14.8. The fraction of sp³-hybridized carbons (Fsp3) is 0.933. The molecule has 1 aliphatic carbocycles. The van der Waals surface area contributed by atoms with Crippen LogP contribution in [0.25, 0.3) is 0 Å². The maximum atomic E-state index is 14.1. The molecule has 5 unspecified atom stereocenters. The van der Waals surface area contributed by atoms with Gasteiger partial charge in [0.1, 0.15) is 6.17 Å². The van der Waals surface area contributed by atoms with E-state index in [9.17, 15) is 9.18 Å². The Morgan fingerprint density at radius 1 is 1.33 bits per heavy atom. The number of hydrogen-bond donors (Lipinski definition) is 2. The number of hydrogen-bond acceptors (Lipinski definition) is 4. The Balaban J connectivity index is 1.53. The number of carbonyl (C=O) groups excluding carboxylic acids is 1. The molecule has 3 N–H and O–H groups in total. The third kappa shape index (κ3) is 3.37. The largest absolute Gasteiger partial charge is 0.341 e. The van der Waals surface area contributed by atoms with Crippen molar-refractivity contribution in [2.75, 3.05) is 25.4 Å². The zero-order valence-corrected chi connectivity index (χ0v) is 13.3. The zero-order valence-electron chi connectivity index (χ0n) is 12.5. The van der Waals surface area contributed by atoms with Crippen molar-refractivity contribution in [1.82, 2.24) is 10.2 Å². The number of nitrogens with zero attached hydrogens (tertiary/aromatic N) is 1. The van der Waals surface area contributed by atoms with Gasteiger partial charge in [-0.25, -0.2) is 4.39 Å². The molecule has 1 amide bonds. The van der Waals surface area contributed by atoms with Crippen LogP contribution in [0.5, 0.6) is 0 Å². The summed E-state index contributed by atoms with van der Waals surface area (Å²) in [6.45, 7) is 2.27. The second-order valence-electron chi connectivity index (χ2n) is 6.61. The van der Waals surface area contributed by atoms with Gasteiger partial charge in [0, 0.05) is 24.8 Å². The number of thioether (sulfide) groups is 1. The lowest BCUT2D eigenvalue weighted by Gasteiger charge is -2.30. The van der Waals surface area contributed by atoms with Crippen molar-refractivity contribution in [3.8, 4) is 0 Å². The summed E-state index contributed by atoms with van der Waals surface area (Å²) < 4.78 is 14.1. The van der Waals surface area contributed by atoms with Crippen molar-refractivity contribution in [3.05, 3.63) is 0 Å². The van der Waals surface area contributed by atoms with Crippen molar-refractivity contribution in [1.29, 1.82) is 0 Å². The van der Waals surface area contributed by atoms with E-state index in [1.54, 1.807) is 11.8 Å². The lowest BCUT2D eigenvalue weighted by Crippen LogP contribution is -2.48. The van der Waals surface area contributed by atoms with Gasteiger partial charge in [0.2, 0.25) is 5.91 Å². The van der Waals surface area contributed by atoms with Gasteiger partial charge in [-0.2, -0.15) is 0 Å². The van der Waals surface area contributed by atoms with Crippen LogP contribution < -0.4 is 11.1 Å². The van der Waals surface area contributed by atoms with Gasteiger partial charge in [-0.15, -0.1) is 11.8 Å². The minimum Gasteiger partial charge on any atom is -0.341 e. The highest BCUT2D eigenvalue weighted by molar-refractivity contribution is 8.00. The summed E-state index contributed by atoms with van der Waals surface area (Å²) in [5, 5.41) is 3.51. The van der Waals surface area contributed by atoms with Crippen molar-refractivity contribution < 1.29 is 9.18 Å². The second kappa shape index (κ2) is 6.84. The molecule has 0 aromatic carbocycles. The van der Waals surface area contributed by atoms with Crippen LogP contribution in [0.2, 0.25) is 0 Å². The molecular formula is C15H26FN3OS. The van der Waals surface area contributed by atoms with Crippen molar-refractivity contribution >= 4 is 17.7 Å². The molecule has 6 heteroatoms. The number of nitrogens with two attached hydrogens (primary N) is 1. The van der Waals surface area contributed by atoms with Gasteiger partial charge in [0.15, 0.2) is 0 Å². The predicted molar refractivity (Wildman–Crippen MR) is 83.8 cm³/mol. The van der Waals surface area contributed by atoms with Gasteiger partial charge < -0.3 is 10.6 Å². The van der Waals surface area contributed by atoms with Crippen LogP contribution >= 0.6 is 11.8 Å². The molecule has 2 saturated heterocycles. The number of carbonyl (C=O) groups is 1. The normalized spacial score (nSPS) is 40.7. The van der Waals surface area contributed by atoms with E-state index in [2.05, 4.69) is 5.32 Å². The number of rotatable bonds is 3. The van der Waals surface area contributed by atoms with Gasteiger partial charge in [0.25, 0.3) is 0 Å². The summed E-state index contributed by atoms with van der Waals surface area (Å²) in [5.74, 6) is 1.49. The predicted octanol–water partition coefficient (Wildman–Crippen LogP) is 1.35. The molecule has 0 aromatic rings. The van der Waals surface area contributed by atoms with E-state index < -0.39 is 6.17 Å². The van der Waals surface area contributed by atoms with Crippen LogP contribution in [0.15, 0.2) is 0 Å². The third-order valence-electron chi connectivity index (χ3n) is 5.16. The molecule has 3 rings (SSSR count). The Hall–Kier alpha value is -0.330. The molecule has 4 nitrogen and oxygen atoms in total. The van der Waals surface area contributed by atoms with Crippen LogP contribution in [-0.2, 0) is 4.79 Å². The topological polar surface area (TPSA) is 58.4 Å². The van der Waals surface area contributed by atoms with Gasteiger partial charge in [-0.3, -0.25) is 10.1 Å². The summed E-state index contributed by atoms with van der Waals surface area (Å²) in [7, 11) is 0. The first kappa shape index (κ1) is 15.6. The van der Waals surface area contributed by atoms with Gasteiger partial charge in [-0.1, -0.05) is 12.8 Å². The molecule has 2 aliphatic heterocycles. The smallest absolute Gasteiger partial charge is 0.240 e. The van der Waals surface area contributed by atoms with Crippen LogP contribution in [-0.4, -0.2) is 53.8 Å². The van der Waals surface area contributed by atoms with Crippen LogP contribution in [0.1, 0.15) is 32.1 Å². The second-order valence-corrected chi connectivity index (χ2v) is 7.79. The van der Waals surface area contributed by atoms with E-state index in [1.165, 1.54) is 0 Å². The maximum Gasteiger partial charge on any atom is 0.240 e. The van der Waals surface area contributed by atoms with E-state index in [1.807, 2.05) is 4.90 Å². The molecule has 3 fully saturated rings. The van der Waals surface area contributed by atoms with Gasteiger partial charge in [-0.05, 0) is 31.7 Å². The number of halogens is 1. The fourth-order valence-electron chi connectivity index (χ4n) is 3.79. The van der Waals surface area contributed by atoms with Crippen molar-refractivity contribution in [2.45, 2.75) is 49.7 Å². The van der Waals surface area contributed by atoms with E-state index >= 15 is 0 Å². The third-order valence-corrected chi connectivity index (χ3v) is 6.53. The average molecular weight is 315 g/mol. The number of nitrogens with one attached hydrogen (secondary N) is 1. The lowest BCUT2D eigenvalue weighted by atomic mass is 9.87. The Morgan fingerprint density at radius 2 is 2.14 bits per heavy atom. The van der Waals surface area contributed by atoms with E-state index in [-0.39, 0.29) is 23.2 Å². The first-order valence-corrected chi connectivity index (χ1v) is 9.24. The molecule has 0 spiro atoms. The summed E-state index contributed by atoms with van der Waals surface area (Å²) in [6, 6.07) is -0.134. The minimum absolute atomic E-state index is 0.0805. The van der Waals surface area contributed by atoms with Crippen molar-refractivity contribution in [3.63, 3.8) is 0 Å². The standard InChI is InChI=1S/C15H26FN3OS/c16-12-4-2-1-3-11(12)14-18-13(9-21-14)15(20)19-6-5-10(7-17)8-19/h10-14,18H,1-9,17H2. The summed E-state index contributed by atoms with van der Waals surface area (Å²) in [6.07, 6.45) is 4.07. The molecule has 0 radical (unpaired) electrons. The van der Waals surface area contributed by atoms with Crippen molar-refractivity contribution in [2.24, 2.45) is 17.6 Å². The Bertz CT molecular complexity index is 384. The molecule has 3 aliphatic rings. The fourth-order valence-corrected chi connectivity index (χ4v) is 5.24. The van der Waals surface area contributed by atoms with E-state index in [4.69, 9.17) is 5.73 Å². The highest BCUT2D eigenvalue weighted by Crippen LogP contribution is 2.37. The van der Waals surface area contributed by atoms with E-state index in [0.29, 0.717) is 18.9 Å². The highest BCUT2D eigenvalue weighted by Gasteiger charge is 2.40. The number of amides is 1. The van der Waals surface area contributed by atoms with Gasteiger partial charge >= 0.3 is 0 Å². The van der Waals surface area contributed by atoms with Crippen LogP contribution in [0.3, 0.4) is 0 Å².